The molecule has 0 radical (unpaired) electrons. The Bertz CT molecular complexity index is 1000. The minimum atomic E-state index is -4.66. The van der Waals surface area contributed by atoms with Crippen LogP contribution in [-0.2, 0) is 11.0 Å². The lowest BCUT2D eigenvalue weighted by atomic mass is 9.94. The van der Waals surface area contributed by atoms with Gasteiger partial charge in [-0.25, -0.2) is 9.18 Å². The molecule has 5 nitrogen and oxygen atoms in total. The van der Waals surface area contributed by atoms with Gasteiger partial charge in [-0.15, -0.1) is 0 Å². The molecule has 3 rings (SSSR count). The standard InChI is InChI=1S/C20H17F4N3O2/c1-11-16(18(28)25-15-9-4-3-8-14(15)20(22,23)24)17(26-19(29)27(11)2)12-6-5-7-13(21)10-12/h3-10,17H,1-2H3,(H,25,28)(H,26,29)/t17-/m1/s1. The molecule has 0 bridgehead atoms. The zero-order valence-corrected chi connectivity index (χ0v) is 15.5. The summed E-state index contributed by atoms with van der Waals surface area (Å²) in [7, 11) is 1.42. The second-order valence-corrected chi connectivity index (χ2v) is 6.49. The zero-order chi connectivity index (χ0) is 21.3. The van der Waals surface area contributed by atoms with E-state index in [1.807, 2.05) is 0 Å². The molecular formula is C20H17F4N3O2. The smallest absolute Gasteiger partial charge is 0.327 e. The fourth-order valence-electron chi connectivity index (χ4n) is 3.09. The number of rotatable bonds is 3. The summed E-state index contributed by atoms with van der Waals surface area (Å²) in [6.45, 7) is 1.50. The summed E-state index contributed by atoms with van der Waals surface area (Å²) < 4.78 is 53.4. The van der Waals surface area contributed by atoms with Crippen molar-refractivity contribution in [2.75, 3.05) is 12.4 Å². The second-order valence-electron chi connectivity index (χ2n) is 6.49. The average molecular weight is 407 g/mol. The topological polar surface area (TPSA) is 61.4 Å². The monoisotopic (exact) mass is 407 g/mol. The third kappa shape index (κ3) is 4.08. The van der Waals surface area contributed by atoms with Crippen LogP contribution in [0.3, 0.4) is 0 Å². The van der Waals surface area contributed by atoms with Crippen LogP contribution in [0, 0.1) is 5.82 Å². The number of allylic oxidation sites excluding steroid dienone is 1. The fraction of sp³-hybridized carbons (Fsp3) is 0.200. The molecule has 2 aromatic rings. The molecule has 0 saturated heterocycles. The molecule has 0 unspecified atom stereocenters. The van der Waals surface area contributed by atoms with Gasteiger partial charge in [-0.05, 0) is 36.8 Å². The molecule has 0 aromatic heterocycles. The Morgan fingerprint density at radius 3 is 2.48 bits per heavy atom. The van der Waals surface area contributed by atoms with E-state index in [-0.39, 0.29) is 11.3 Å². The molecule has 152 valence electrons. The minimum absolute atomic E-state index is 0.00896. The SMILES string of the molecule is CC1=C(C(=O)Nc2ccccc2C(F)(F)F)[C@@H](c2cccc(F)c2)NC(=O)N1C. The van der Waals surface area contributed by atoms with Gasteiger partial charge < -0.3 is 15.5 Å². The first-order chi connectivity index (χ1) is 13.6. The number of carbonyl (C=O) groups is 2. The first-order valence-electron chi connectivity index (χ1n) is 8.57. The Hall–Kier alpha value is -3.36. The third-order valence-electron chi connectivity index (χ3n) is 4.66. The summed E-state index contributed by atoms with van der Waals surface area (Å²) in [6.07, 6.45) is -4.66. The number of hydrogen-bond acceptors (Lipinski definition) is 2. The number of hydrogen-bond donors (Lipinski definition) is 2. The van der Waals surface area contributed by atoms with Crippen LogP contribution in [0.4, 0.5) is 28.0 Å². The van der Waals surface area contributed by atoms with Crippen LogP contribution in [0.1, 0.15) is 24.1 Å². The molecular weight excluding hydrogens is 390 g/mol. The first kappa shape index (κ1) is 20.4. The van der Waals surface area contributed by atoms with Crippen molar-refractivity contribution in [2.24, 2.45) is 0 Å². The van der Waals surface area contributed by atoms with E-state index in [9.17, 15) is 27.2 Å². The Balaban J connectivity index is 2.04. The van der Waals surface area contributed by atoms with E-state index in [1.54, 1.807) is 0 Å². The minimum Gasteiger partial charge on any atom is -0.327 e. The van der Waals surface area contributed by atoms with Crippen molar-refractivity contribution in [1.82, 2.24) is 10.2 Å². The van der Waals surface area contributed by atoms with Crippen LogP contribution in [0.2, 0.25) is 0 Å². The molecule has 29 heavy (non-hydrogen) atoms. The molecule has 1 atom stereocenters. The van der Waals surface area contributed by atoms with Crippen molar-refractivity contribution < 1.29 is 27.2 Å². The van der Waals surface area contributed by atoms with Crippen molar-refractivity contribution in [3.05, 3.63) is 76.7 Å². The molecule has 2 N–H and O–H groups in total. The number of amides is 3. The van der Waals surface area contributed by atoms with Crippen LogP contribution in [-0.4, -0.2) is 23.9 Å². The van der Waals surface area contributed by atoms with E-state index < -0.39 is 41.2 Å². The zero-order valence-electron chi connectivity index (χ0n) is 15.5. The van der Waals surface area contributed by atoms with E-state index in [0.717, 1.165) is 18.2 Å². The number of anilines is 1. The molecule has 2 aromatic carbocycles. The summed E-state index contributed by atoms with van der Waals surface area (Å²) in [5.41, 5.74) is -0.871. The van der Waals surface area contributed by atoms with E-state index in [2.05, 4.69) is 10.6 Å². The Kier molecular flexibility index (Phi) is 5.32. The maximum absolute atomic E-state index is 13.7. The molecule has 1 heterocycles. The lowest BCUT2D eigenvalue weighted by Crippen LogP contribution is -2.46. The molecule has 0 fully saturated rings. The molecule has 9 heteroatoms. The Morgan fingerprint density at radius 2 is 1.83 bits per heavy atom. The highest BCUT2D eigenvalue weighted by Gasteiger charge is 2.37. The molecule has 0 aliphatic carbocycles. The van der Waals surface area contributed by atoms with Gasteiger partial charge in [0.1, 0.15) is 5.82 Å². The van der Waals surface area contributed by atoms with E-state index in [0.29, 0.717) is 5.56 Å². The van der Waals surface area contributed by atoms with Gasteiger partial charge in [-0.1, -0.05) is 24.3 Å². The summed E-state index contributed by atoms with van der Waals surface area (Å²) in [6, 6.07) is 8.32. The van der Waals surface area contributed by atoms with Crippen molar-refractivity contribution in [3.8, 4) is 0 Å². The molecule has 1 aliphatic heterocycles. The molecule has 1 aliphatic rings. The summed E-state index contributed by atoms with van der Waals surface area (Å²) in [5.74, 6) is -1.41. The van der Waals surface area contributed by atoms with Crippen LogP contribution in [0.15, 0.2) is 59.8 Å². The first-order valence-corrected chi connectivity index (χ1v) is 8.57. The van der Waals surface area contributed by atoms with Gasteiger partial charge in [0.2, 0.25) is 0 Å². The van der Waals surface area contributed by atoms with Crippen molar-refractivity contribution in [2.45, 2.75) is 19.1 Å². The fourth-order valence-corrected chi connectivity index (χ4v) is 3.09. The average Bonchev–Trinajstić information content (AvgIpc) is 2.65. The number of nitrogens with one attached hydrogen (secondary N) is 2. The predicted octanol–water partition coefficient (Wildman–Crippen LogP) is 4.45. The lowest BCUT2D eigenvalue weighted by molar-refractivity contribution is -0.137. The van der Waals surface area contributed by atoms with Crippen LogP contribution in [0.25, 0.3) is 0 Å². The lowest BCUT2D eigenvalue weighted by Gasteiger charge is -2.33. The Morgan fingerprint density at radius 1 is 1.14 bits per heavy atom. The number of halogens is 4. The highest BCUT2D eigenvalue weighted by atomic mass is 19.4. The predicted molar refractivity (Wildman–Crippen MR) is 98.2 cm³/mol. The van der Waals surface area contributed by atoms with Gasteiger partial charge in [0.15, 0.2) is 0 Å². The van der Waals surface area contributed by atoms with Crippen LogP contribution >= 0.6 is 0 Å². The highest BCUT2D eigenvalue weighted by Crippen LogP contribution is 2.36. The van der Waals surface area contributed by atoms with Gasteiger partial charge >= 0.3 is 12.2 Å². The number of alkyl halides is 3. The largest absolute Gasteiger partial charge is 0.418 e. The normalized spacial score (nSPS) is 17.2. The van der Waals surface area contributed by atoms with Crippen LogP contribution in [0.5, 0.6) is 0 Å². The van der Waals surface area contributed by atoms with E-state index >= 15 is 0 Å². The van der Waals surface area contributed by atoms with Gasteiger partial charge in [0, 0.05) is 12.7 Å². The number of benzene rings is 2. The van der Waals surface area contributed by atoms with Gasteiger partial charge in [0.05, 0.1) is 22.9 Å². The third-order valence-corrected chi connectivity index (χ3v) is 4.66. The van der Waals surface area contributed by atoms with Crippen molar-refractivity contribution in [3.63, 3.8) is 0 Å². The van der Waals surface area contributed by atoms with Crippen LogP contribution < -0.4 is 10.6 Å². The molecule has 0 spiro atoms. The van der Waals surface area contributed by atoms with Gasteiger partial charge in [-0.3, -0.25) is 4.79 Å². The molecule has 0 saturated carbocycles. The van der Waals surface area contributed by atoms with Gasteiger partial charge in [-0.2, -0.15) is 13.2 Å². The maximum atomic E-state index is 13.7. The van der Waals surface area contributed by atoms with E-state index in [4.69, 9.17) is 0 Å². The number of urea groups is 1. The van der Waals surface area contributed by atoms with Gasteiger partial charge in [0.25, 0.3) is 5.91 Å². The summed E-state index contributed by atoms with van der Waals surface area (Å²) >= 11 is 0. The van der Waals surface area contributed by atoms with E-state index in [1.165, 1.54) is 49.2 Å². The second kappa shape index (κ2) is 7.57. The van der Waals surface area contributed by atoms with Crippen molar-refractivity contribution in [1.29, 1.82) is 0 Å². The number of nitrogens with zero attached hydrogens (tertiary/aromatic N) is 1. The quantitative estimate of drug-likeness (QED) is 0.739. The Labute approximate surface area is 164 Å². The summed E-state index contributed by atoms with van der Waals surface area (Å²) in [5, 5.41) is 4.86. The van der Waals surface area contributed by atoms with Crippen molar-refractivity contribution >= 4 is 17.6 Å². The maximum Gasteiger partial charge on any atom is 0.418 e. The molecule has 3 amide bonds. The number of para-hydroxylation sites is 1. The number of carbonyl (C=O) groups excluding carboxylic acids is 2. The summed E-state index contributed by atoms with van der Waals surface area (Å²) in [4.78, 5) is 26.3. The highest BCUT2D eigenvalue weighted by molar-refractivity contribution is 6.07.